The van der Waals surface area contributed by atoms with Crippen molar-refractivity contribution < 1.29 is 17.7 Å². The Bertz CT molecular complexity index is 1050. The molecule has 3 aromatic rings. The van der Waals surface area contributed by atoms with Crippen LogP contribution in [0.15, 0.2) is 64.0 Å². The maximum Gasteiger partial charge on any atom is 0.243 e. The molecule has 1 aromatic heterocycles. The van der Waals surface area contributed by atoms with Crippen molar-refractivity contribution in [2.24, 2.45) is 0 Å². The van der Waals surface area contributed by atoms with Gasteiger partial charge in [-0.3, -0.25) is 0 Å². The molecular formula is C21H23N3O4S. The molecule has 0 N–H and O–H groups in total. The van der Waals surface area contributed by atoms with Gasteiger partial charge in [-0.15, -0.1) is 0 Å². The number of piperidine rings is 1. The summed E-state index contributed by atoms with van der Waals surface area (Å²) >= 11 is 0. The molecule has 7 nitrogen and oxygen atoms in total. The zero-order chi connectivity index (χ0) is 20.3. The summed E-state index contributed by atoms with van der Waals surface area (Å²) in [6.45, 7) is 3.37. The van der Waals surface area contributed by atoms with Crippen molar-refractivity contribution in [3.8, 4) is 17.1 Å². The summed E-state index contributed by atoms with van der Waals surface area (Å²) in [5, 5.41) is 4.09. The van der Waals surface area contributed by atoms with E-state index >= 15 is 0 Å². The van der Waals surface area contributed by atoms with E-state index in [4.69, 9.17) is 9.26 Å². The second kappa shape index (κ2) is 8.34. The van der Waals surface area contributed by atoms with E-state index in [0.29, 0.717) is 36.3 Å². The Morgan fingerprint density at radius 1 is 1.14 bits per heavy atom. The average Bonchev–Trinajstić information content (AvgIpc) is 3.26. The standard InChI is InChI=1S/C21H23N3O4S/c1-2-27-18-12-10-16(11-13-18)20-22-21(28-23-20)17-7-6-14-24(15-17)29(25,26)19-8-4-3-5-9-19/h3-5,8-13,17H,2,6-7,14-15H2,1H3. The molecule has 0 spiro atoms. The van der Waals surface area contributed by atoms with E-state index in [9.17, 15) is 8.42 Å². The second-order valence-corrected chi connectivity index (χ2v) is 8.87. The minimum absolute atomic E-state index is 0.119. The van der Waals surface area contributed by atoms with E-state index in [-0.39, 0.29) is 5.92 Å². The number of ether oxygens (including phenoxy) is 1. The van der Waals surface area contributed by atoms with E-state index in [0.717, 1.165) is 24.2 Å². The van der Waals surface area contributed by atoms with Gasteiger partial charge in [-0.25, -0.2) is 8.42 Å². The molecule has 0 amide bonds. The zero-order valence-corrected chi connectivity index (χ0v) is 17.0. The predicted octanol–water partition coefficient (Wildman–Crippen LogP) is 3.70. The van der Waals surface area contributed by atoms with Gasteiger partial charge in [0.2, 0.25) is 21.7 Å². The molecular weight excluding hydrogens is 390 g/mol. The van der Waals surface area contributed by atoms with Gasteiger partial charge in [0.25, 0.3) is 0 Å². The molecule has 1 aliphatic rings. The highest BCUT2D eigenvalue weighted by molar-refractivity contribution is 7.89. The number of hydrogen-bond acceptors (Lipinski definition) is 6. The number of aromatic nitrogens is 2. The van der Waals surface area contributed by atoms with Gasteiger partial charge in [-0.05, 0) is 56.2 Å². The molecule has 1 atom stereocenters. The van der Waals surface area contributed by atoms with E-state index in [1.807, 2.05) is 31.2 Å². The van der Waals surface area contributed by atoms with Crippen LogP contribution in [0.1, 0.15) is 31.6 Å². The third-order valence-corrected chi connectivity index (χ3v) is 6.86. The fourth-order valence-electron chi connectivity index (χ4n) is 3.49. The molecule has 0 saturated carbocycles. The fraction of sp³-hybridized carbons (Fsp3) is 0.333. The van der Waals surface area contributed by atoms with Crippen LogP contribution in [-0.2, 0) is 10.0 Å². The van der Waals surface area contributed by atoms with Gasteiger partial charge in [-0.2, -0.15) is 9.29 Å². The molecule has 1 saturated heterocycles. The monoisotopic (exact) mass is 413 g/mol. The van der Waals surface area contributed by atoms with Gasteiger partial charge in [0.1, 0.15) is 5.75 Å². The molecule has 1 unspecified atom stereocenters. The lowest BCUT2D eigenvalue weighted by molar-refractivity contribution is 0.265. The molecule has 0 bridgehead atoms. The van der Waals surface area contributed by atoms with Crippen LogP contribution < -0.4 is 4.74 Å². The summed E-state index contributed by atoms with van der Waals surface area (Å²) in [5.41, 5.74) is 0.827. The summed E-state index contributed by atoms with van der Waals surface area (Å²) in [7, 11) is -3.53. The number of benzene rings is 2. The largest absolute Gasteiger partial charge is 0.494 e. The first-order chi connectivity index (χ1) is 14.1. The van der Waals surface area contributed by atoms with E-state index in [2.05, 4.69) is 10.1 Å². The van der Waals surface area contributed by atoms with Crippen molar-refractivity contribution in [2.75, 3.05) is 19.7 Å². The quantitative estimate of drug-likeness (QED) is 0.612. The lowest BCUT2D eigenvalue weighted by Crippen LogP contribution is -2.39. The van der Waals surface area contributed by atoms with Gasteiger partial charge < -0.3 is 9.26 Å². The van der Waals surface area contributed by atoms with Crippen molar-refractivity contribution in [1.82, 2.24) is 14.4 Å². The molecule has 4 rings (SSSR count). The topological polar surface area (TPSA) is 85.5 Å². The van der Waals surface area contributed by atoms with Gasteiger partial charge in [0, 0.05) is 18.7 Å². The molecule has 1 fully saturated rings. The van der Waals surface area contributed by atoms with Crippen LogP contribution >= 0.6 is 0 Å². The maximum atomic E-state index is 12.9. The highest BCUT2D eigenvalue weighted by Gasteiger charge is 2.33. The number of nitrogens with zero attached hydrogens (tertiary/aromatic N) is 3. The molecule has 0 radical (unpaired) electrons. The maximum absolute atomic E-state index is 12.9. The van der Waals surface area contributed by atoms with Crippen molar-refractivity contribution >= 4 is 10.0 Å². The molecule has 152 valence electrons. The predicted molar refractivity (Wildman–Crippen MR) is 108 cm³/mol. The van der Waals surface area contributed by atoms with E-state index in [1.54, 1.807) is 30.3 Å². The van der Waals surface area contributed by atoms with Gasteiger partial charge >= 0.3 is 0 Å². The Labute approximate surface area is 170 Å². The van der Waals surface area contributed by atoms with Crippen molar-refractivity contribution in [3.05, 3.63) is 60.5 Å². The van der Waals surface area contributed by atoms with Crippen molar-refractivity contribution in [2.45, 2.75) is 30.6 Å². The SMILES string of the molecule is CCOc1ccc(-c2noc(C3CCCN(S(=O)(=O)c4ccccc4)C3)n2)cc1. The molecule has 29 heavy (non-hydrogen) atoms. The first-order valence-electron chi connectivity index (χ1n) is 9.70. The van der Waals surface area contributed by atoms with Gasteiger partial charge in [0.15, 0.2) is 0 Å². The minimum Gasteiger partial charge on any atom is -0.494 e. The summed E-state index contributed by atoms with van der Waals surface area (Å²) in [6, 6.07) is 16.0. The highest BCUT2D eigenvalue weighted by atomic mass is 32.2. The lowest BCUT2D eigenvalue weighted by atomic mass is 10.00. The van der Waals surface area contributed by atoms with E-state index < -0.39 is 10.0 Å². The first kappa shape index (κ1) is 19.6. The molecule has 1 aliphatic heterocycles. The highest BCUT2D eigenvalue weighted by Crippen LogP contribution is 2.30. The summed E-state index contributed by atoms with van der Waals surface area (Å²) in [5.74, 6) is 1.63. The average molecular weight is 413 g/mol. The third-order valence-electron chi connectivity index (χ3n) is 4.98. The Morgan fingerprint density at radius 2 is 1.90 bits per heavy atom. The first-order valence-corrected chi connectivity index (χ1v) is 11.1. The molecule has 2 heterocycles. The van der Waals surface area contributed by atoms with Gasteiger partial charge in [0.05, 0.1) is 17.4 Å². The summed E-state index contributed by atoms with van der Waals surface area (Å²) in [4.78, 5) is 4.84. The normalized spacial score (nSPS) is 17.9. The van der Waals surface area contributed by atoms with Crippen LogP contribution in [-0.4, -0.2) is 42.6 Å². The number of sulfonamides is 1. The van der Waals surface area contributed by atoms with Crippen LogP contribution in [0.3, 0.4) is 0 Å². The molecule has 8 heteroatoms. The van der Waals surface area contributed by atoms with Crippen molar-refractivity contribution in [1.29, 1.82) is 0 Å². The second-order valence-electron chi connectivity index (χ2n) is 6.93. The molecule has 0 aliphatic carbocycles. The summed E-state index contributed by atoms with van der Waals surface area (Å²) in [6.07, 6.45) is 1.56. The Morgan fingerprint density at radius 3 is 2.62 bits per heavy atom. The third kappa shape index (κ3) is 4.18. The minimum atomic E-state index is -3.53. The van der Waals surface area contributed by atoms with Crippen LogP contribution in [0.2, 0.25) is 0 Å². The van der Waals surface area contributed by atoms with Crippen LogP contribution in [0, 0.1) is 0 Å². The summed E-state index contributed by atoms with van der Waals surface area (Å²) < 4.78 is 38.3. The Hall–Kier alpha value is -2.71. The zero-order valence-electron chi connectivity index (χ0n) is 16.2. The van der Waals surface area contributed by atoms with Crippen molar-refractivity contribution in [3.63, 3.8) is 0 Å². The smallest absolute Gasteiger partial charge is 0.243 e. The lowest BCUT2D eigenvalue weighted by Gasteiger charge is -2.30. The number of rotatable bonds is 6. The van der Waals surface area contributed by atoms with E-state index in [1.165, 1.54) is 4.31 Å². The fourth-order valence-corrected chi connectivity index (χ4v) is 5.03. The van der Waals surface area contributed by atoms with Gasteiger partial charge in [-0.1, -0.05) is 23.4 Å². The van der Waals surface area contributed by atoms with Crippen LogP contribution in [0.25, 0.3) is 11.4 Å². The van der Waals surface area contributed by atoms with Crippen LogP contribution in [0.4, 0.5) is 0 Å². The number of hydrogen-bond donors (Lipinski definition) is 0. The Kier molecular flexibility index (Phi) is 5.64. The molecule has 2 aromatic carbocycles. The Balaban J connectivity index is 1.51. The van der Waals surface area contributed by atoms with Crippen LogP contribution in [0.5, 0.6) is 5.75 Å².